The second-order valence-electron chi connectivity index (χ2n) is 4.78. The number of rotatable bonds is 2. The lowest BCUT2D eigenvalue weighted by Gasteiger charge is -2.39. The summed E-state index contributed by atoms with van der Waals surface area (Å²) < 4.78 is 5.45. The molecule has 0 spiro atoms. The number of benzene rings is 1. The van der Waals surface area contributed by atoms with Crippen LogP contribution in [0.4, 0.5) is 0 Å². The second-order valence-corrected chi connectivity index (χ2v) is 4.78. The maximum Gasteiger partial charge on any atom is 0.0846 e. The third-order valence-corrected chi connectivity index (χ3v) is 3.80. The average molecular weight is 203 g/mol. The lowest BCUT2D eigenvalue weighted by molar-refractivity contribution is -0.0527. The summed E-state index contributed by atoms with van der Waals surface area (Å²) in [5.74, 6) is 0. The summed E-state index contributed by atoms with van der Waals surface area (Å²) >= 11 is 0. The molecule has 1 saturated carbocycles. The quantitative estimate of drug-likeness (QED) is 0.801. The van der Waals surface area contributed by atoms with Gasteiger partial charge in [0, 0.05) is 12.0 Å². The zero-order valence-corrected chi connectivity index (χ0v) is 8.91. The van der Waals surface area contributed by atoms with Crippen LogP contribution in [0.3, 0.4) is 0 Å². The second kappa shape index (κ2) is 3.32. The highest BCUT2D eigenvalue weighted by molar-refractivity contribution is 5.31. The minimum atomic E-state index is -0.0288. The molecule has 3 rings (SSSR count). The molecule has 1 unspecified atom stereocenters. The Morgan fingerprint density at radius 2 is 1.87 bits per heavy atom. The van der Waals surface area contributed by atoms with Gasteiger partial charge >= 0.3 is 0 Å². The normalized spacial score (nSPS) is 27.9. The van der Waals surface area contributed by atoms with Gasteiger partial charge in [0.15, 0.2) is 0 Å². The van der Waals surface area contributed by atoms with Crippen LogP contribution in [-0.4, -0.2) is 6.61 Å². The summed E-state index contributed by atoms with van der Waals surface area (Å²) in [6.07, 6.45) is 5.03. The number of nitrogens with two attached hydrogens (primary N) is 1. The van der Waals surface area contributed by atoms with E-state index in [1.165, 1.54) is 17.5 Å². The van der Waals surface area contributed by atoms with Crippen LogP contribution >= 0.6 is 0 Å². The van der Waals surface area contributed by atoms with Gasteiger partial charge in [-0.1, -0.05) is 24.3 Å². The standard InChI is InChI=1S/C13H17NO/c14-13(7-1-8-13)11-4-2-10(3-5-11)12-6-9-15-12/h2-5,12H,1,6-9,14H2. The van der Waals surface area contributed by atoms with Crippen molar-refractivity contribution in [2.24, 2.45) is 5.73 Å². The molecule has 0 aromatic heterocycles. The van der Waals surface area contributed by atoms with Crippen LogP contribution in [0.2, 0.25) is 0 Å². The van der Waals surface area contributed by atoms with Crippen LogP contribution in [0.5, 0.6) is 0 Å². The molecular weight excluding hydrogens is 186 g/mol. The first-order valence-corrected chi connectivity index (χ1v) is 5.79. The maximum atomic E-state index is 6.27. The van der Waals surface area contributed by atoms with E-state index < -0.39 is 0 Å². The van der Waals surface area contributed by atoms with Gasteiger partial charge in [0.2, 0.25) is 0 Å². The summed E-state index contributed by atoms with van der Waals surface area (Å²) in [6, 6.07) is 8.70. The monoisotopic (exact) mass is 203 g/mol. The van der Waals surface area contributed by atoms with Crippen LogP contribution in [0.25, 0.3) is 0 Å². The van der Waals surface area contributed by atoms with Gasteiger partial charge in [-0.25, -0.2) is 0 Å². The summed E-state index contributed by atoms with van der Waals surface area (Å²) in [5, 5.41) is 0. The highest BCUT2D eigenvalue weighted by atomic mass is 16.5. The van der Waals surface area contributed by atoms with E-state index in [4.69, 9.17) is 10.5 Å². The lowest BCUT2D eigenvalue weighted by atomic mass is 9.72. The number of ether oxygens (including phenoxy) is 1. The molecule has 1 aliphatic heterocycles. The SMILES string of the molecule is NC1(c2ccc(C3CCO3)cc2)CCC1. The molecule has 1 aromatic rings. The summed E-state index contributed by atoms with van der Waals surface area (Å²) in [5.41, 5.74) is 8.82. The maximum absolute atomic E-state index is 6.27. The van der Waals surface area contributed by atoms with Crippen LogP contribution < -0.4 is 5.73 Å². The van der Waals surface area contributed by atoms with Gasteiger partial charge in [0.05, 0.1) is 12.7 Å². The minimum Gasteiger partial charge on any atom is -0.373 e. The first kappa shape index (κ1) is 9.37. The highest BCUT2D eigenvalue weighted by Crippen LogP contribution is 2.39. The van der Waals surface area contributed by atoms with E-state index >= 15 is 0 Å². The summed E-state index contributed by atoms with van der Waals surface area (Å²) in [6.45, 7) is 0.910. The van der Waals surface area contributed by atoms with Crippen LogP contribution in [0, 0.1) is 0 Å². The Morgan fingerprint density at radius 3 is 2.27 bits per heavy atom. The van der Waals surface area contributed by atoms with Crippen molar-refractivity contribution in [3.05, 3.63) is 35.4 Å². The zero-order valence-electron chi connectivity index (χ0n) is 8.91. The fourth-order valence-electron chi connectivity index (χ4n) is 2.37. The Labute approximate surface area is 90.4 Å². The van der Waals surface area contributed by atoms with Crippen LogP contribution in [-0.2, 0) is 10.3 Å². The highest BCUT2D eigenvalue weighted by Gasteiger charge is 2.34. The van der Waals surface area contributed by atoms with Crippen molar-refractivity contribution in [1.29, 1.82) is 0 Å². The molecule has 1 aromatic carbocycles. The van der Waals surface area contributed by atoms with E-state index in [0.29, 0.717) is 6.10 Å². The van der Waals surface area contributed by atoms with Gasteiger partial charge < -0.3 is 10.5 Å². The molecule has 1 heterocycles. The van der Waals surface area contributed by atoms with Gasteiger partial charge in [-0.05, 0) is 30.4 Å². The molecule has 1 aliphatic carbocycles. The third kappa shape index (κ3) is 1.48. The lowest BCUT2D eigenvalue weighted by Crippen LogP contribution is -2.43. The van der Waals surface area contributed by atoms with Gasteiger partial charge in [0.25, 0.3) is 0 Å². The molecule has 2 nitrogen and oxygen atoms in total. The van der Waals surface area contributed by atoms with Crippen molar-refractivity contribution in [2.75, 3.05) is 6.61 Å². The van der Waals surface area contributed by atoms with E-state index in [0.717, 1.165) is 25.9 Å². The van der Waals surface area contributed by atoms with Crippen LogP contribution in [0.15, 0.2) is 24.3 Å². The van der Waals surface area contributed by atoms with Crippen LogP contribution in [0.1, 0.15) is 42.9 Å². The fourth-order valence-corrected chi connectivity index (χ4v) is 2.37. The van der Waals surface area contributed by atoms with Crippen molar-refractivity contribution < 1.29 is 4.74 Å². The topological polar surface area (TPSA) is 35.2 Å². The van der Waals surface area contributed by atoms with Crippen molar-refractivity contribution in [3.63, 3.8) is 0 Å². The molecule has 0 amide bonds. The van der Waals surface area contributed by atoms with Gasteiger partial charge in [-0.3, -0.25) is 0 Å². The Morgan fingerprint density at radius 1 is 1.20 bits per heavy atom. The first-order chi connectivity index (χ1) is 7.28. The van der Waals surface area contributed by atoms with Crippen molar-refractivity contribution in [2.45, 2.75) is 37.3 Å². The van der Waals surface area contributed by atoms with E-state index in [9.17, 15) is 0 Å². The molecule has 80 valence electrons. The average Bonchev–Trinajstić information content (AvgIpc) is 2.13. The molecule has 2 aliphatic rings. The van der Waals surface area contributed by atoms with E-state index in [1.54, 1.807) is 0 Å². The van der Waals surface area contributed by atoms with Crippen molar-refractivity contribution in [1.82, 2.24) is 0 Å². The predicted molar refractivity (Wildman–Crippen MR) is 59.5 cm³/mol. The molecule has 15 heavy (non-hydrogen) atoms. The first-order valence-electron chi connectivity index (χ1n) is 5.79. The van der Waals surface area contributed by atoms with Gasteiger partial charge in [0.1, 0.15) is 0 Å². The molecule has 1 saturated heterocycles. The summed E-state index contributed by atoms with van der Waals surface area (Å²) in [4.78, 5) is 0. The third-order valence-electron chi connectivity index (χ3n) is 3.80. The van der Waals surface area contributed by atoms with Gasteiger partial charge in [-0.15, -0.1) is 0 Å². The molecule has 2 N–H and O–H groups in total. The Balaban J connectivity index is 1.80. The predicted octanol–water partition coefficient (Wildman–Crippen LogP) is 2.49. The fraction of sp³-hybridized carbons (Fsp3) is 0.538. The summed E-state index contributed by atoms with van der Waals surface area (Å²) in [7, 11) is 0. The van der Waals surface area contributed by atoms with E-state index in [1.807, 2.05) is 0 Å². The van der Waals surface area contributed by atoms with Crippen molar-refractivity contribution >= 4 is 0 Å². The largest absolute Gasteiger partial charge is 0.373 e. The van der Waals surface area contributed by atoms with Crippen molar-refractivity contribution in [3.8, 4) is 0 Å². The van der Waals surface area contributed by atoms with E-state index in [-0.39, 0.29) is 5.54 Å². The molecule has 2 heteroatoms. The molecule has 2 fully saturated rings. The molecule has 1 atom stereocenters. The van der Waals surface area contributed by atoms with Gasteiger partial charge in [-0.2, -0.15) is 0 Å². The van der Waals surface area contributed by atoms with E-state index in [2.05, 4.69) is 24.3 Å². The minimum absolute atomic E-state index is 0.0288. The Hall–Kier alpha value is -0.860. The number of hydrogen-bond acceptors (Lipinski definition) is 2. The molecule has 0 radical (unpaired) electrons. The zero-order chi connectivity index (χ0) is 10.3. The molecule has 0 bridgehead atoms. The molecular formula is C13H17NO. The smallest absolute Gasteiger partial charge is 0.0846 e. The Kier molecular flexibility index (Phi) is 2.08. The Bertz CT molecular complexity index is 349. The number of hydrogen-bond donors (Lipinski definition) is 1.